The van der Waals surface area contributed by atoms with Crippen molar-refractivity contribution in [1.82, 2.24) is 0 Å². The fourth-order valence-electron chi connectivity index (χ4n) is 2.36. The Bertz CT molecular complexity index is 592. The van der Waals surface area contributed by atoms with E-state index in [1.807, 2.05) is 48.5 Å². The molecule has 148 valence electrons. The van der Waals surface area contributed by atoms with Gasteiger partial charge in [0.1, 0.15) is 0 Å². The third-order valence-corrected chi connectivity index (χ3v) is 6.85. The van der Waals surface area contributed by atoms with Gasteiger partial charge in [-0.1, -0.05) is 36.0 Å². The first kappa shape index (κ1) is 22.6. The lowest BCUT2D eigenvalue weighted by Crippen LogP contribution is -2.02. The zero-order valence-corrected chi connectivity index (χ0v) is 17.5. The maximum absolute atomic E-state index is 10.1. The van der Waals surface area contributed by atoms with Crippen LogP contribution in [-0.2, 0) is 0 Å². The van der Waals surface area contributed by atoms with E-state index >= 15 is 0 Å². The molecule has 0 amide bonds. The van der Waals surface area contributed by atoms with Crippen molar-refractivity contribution in [2.24, 2.45) is 0 Å². The molecule has 2 unspecified atom stereocenters. The Kier molecular flexibility index (Phi) is 10.7. The Morgan fingerprint density at radius 3 is 1.33 bits per heavy atom. The van der Waals surface area contributed by atoms with E-state index in [1.165, 1.54) is 23.5 Å². The molecule has 0 aliphatic rings. The molecule has 4 N–H and O–H groups in total. The van der Waals surface area contributed by atoms with E-state index in [1.54, 1.807) is 11.8 Å². The highest BCUT2D eigenvalue weighted by Gasteiger charge is 2.09. The summed E-state index contributed by atoms with van der Waals surface area (Å²) < 4.78 is 0. The number of thioether (sulfide) groups is 2. The molecule has 2 atom stereocenters. The third kappa shape index (κ3) is 8.07. The molecular weight excluding hydrogens is 400 g/mol. The van der Waals surface area contributed by atoms with Gasteiger partial charge in [-0.25, -0.2) is 0 Å². The molecular formula is C20H26O4S3. The van der Waals surface area contributed by atoms with Gasteiger partial charge < -0.3 is 20.4 Å². The lowest BCUT2D eigenvalue weighted by Gasteiger charge is -2.12. The van der Waals surface area contributed by atoms with Gasteiger partial charge in [0.05, 0.1) is 25.4 Å². The van der Waals surface area contributed by atoms with Crippen molar-refractivity contribution in [2.75, 3.05) is 36.2 Å². The number of hydrogen-bond donors (Lipinski definition) is 4. The molecule has 0 fully saturated rings. The van der Waals surface area contributed by atoms with Crippen LogP contribution in [-0.4, -0.2) is 56.7 Å². The van der Waals surface area contributed by atoms with Gasteiger partial charge in [-0.15, -0.1) is 0 Å². The van der Waals surface area contributed by atoms with E-state index in [-0.39, 0.29) is 13.2 Å². The van der Waals surface area contributed by atoms with Crippen LogP contribution < -0.4 is 0 Å². The average molecular weight is 427 g/mol. The Labute approximate surface area is 173 Å². The quantitative estimate of drug-likeness (QED) is 0.388. The number of aliphatic hydroxyl groups is 4. The second kappa shape index (κ2) is 12.7. The molecule has 0 spiro atoms. The first-order chi connectivity index (χ1) is 13.1. The van der Waals surface area contributed by atoms with Crippen molar-refractivity contribution in [3.05, 3.63) is 59.7 Å². The van der Waals surface area contributed by atoms with Crippen LogP contribution in [0.25, 0.3) is 0 Å². The van der Waals surface area contributed by atoms with E-state index in [0.29, 0.717) is 23.0 Å². The van der Waals surface area contributed by atoms with Crippen LogP contribution in [0, 0.1) is 0 Å². The maximum atomic E-state index is 10.1. The number of hydrogen-bond acceptors (Lipinski definition) is 7. The molecule has 27 heavy (non-hydrogen) atoms. The molecule has 2 aromatic carbocycles. The highest BCUT2D eigenvalue weighted by molar-refractivity contribution is 7.99. The summed E-state index contributed by atoms with van der Waals surface area (Å²) >= 11 is 4.70. The van der Waals surface area contributed by atoms with Crippen molar-refractivity contribution in [2.45, 2.75) is 22.0 Å². The van der Waals surface area contributed by atoms with Crippen LogP contribution in [0.2, 0.25) is 0 Å². The van der Waals surface area contributed by atoms with E-state index in [2.05, 4.69) is 0 Å². The van der Waals surface area contributed by atoms with Gasteiger partial charge in [-0.3, -0.25) is 0 Å². The molecule has 0 aromatic heterocycles. The van der Waals surface area contributed by atoms with Gasteiger partial charge in [0.15, 0.2) is 0 Å². The lowest BCUT2D eigenvalue weighted by atomic mass is 10.1. The van der Waals surface area contributed by atoms with Crippen molar-refractivity contribution in [1.29, 1.82) is 0 Å². The van der Waals surface area contributed by atoms with Crippen molar-refractivity contribution in [3.63, 3.8) is 0 Å². The standard InChI is InChI=1S/C20H26O4S3/c21-9-11-25-13-19(23)15-1-5-17(6-2-15)27-18-7-3-16(4-8-18)20(24)14-26-12-10-22/h1-8,19-24H,9-14H2. The normalized spacial score (nSPS) is 13.5. The highest BCUT2D eigenvalue weighted by atomic mass is 32.2. The zero-order chi connectivity index (χ0) is 19.5. The van der Waals surface area contributed by atoms with Gasteiger partial charge in [-0.2, -0.15) is 23.5 Å². The second-order valence-electron chi connectivity index (χ2n) is 5.87. The van der Waals surface area contributed by atoms with Crippen LogP contribution in [0.4, 0.5) is 0 Å². The Morgan fingerprint density at radius 1 is 0.630 bits per heavy atom. The lowest BCUT2D eigenvalue weighted by molar-refractivity contribution is 0.203. The molecule has 2 aromatic rings. The molecule has 0 aliphatic heterocycles. The SMILES string of the molecule is OCCSCC(O)c1ccc(Sc2ccc(C(O)CSCCO)cc2)cc1. The minimum Gasteiger partial charge on any atom is -0.396 e. The monoisotopic (exact) mass is 426 g/mol. The first-order valence-corrected chi connectivity index (χ1v) is 11.9. The molecule has 0 radical (unpaired) electrons. The average Bonchev–Trinajstić information content (AvgIpc) is 2.69. The molecule has 2 rings (SSSR count). The Balaban J connectivity index is 1.87. The summed E-state index contributed by atoms with van der Waals surface area (Å²) in [7, 11) is 0. The molecule has 7 heteroatoms. The smallest absolute Gasteiger partial charge is 0.0880 e. The predicted octanol–water partition coefficient (Wildman–Crippen LogP) is 3.36. The molecule has 4 nitrogen and oxygen atoms in total. The fraction of sp³-hybridized carbons (Fsp3) is 0.400. The minimum absolute atomic E-state index is 0.129. The van der Waals surface area contributed by atoms with Gasteiger partial charge in [0.25, 0.3) is 0 Å². The summed E-state index contributed by atoms with van der Waals surface area (Å²) in [6.07, 6.45) is -1.05. The van der Waals surface area contributed by atoms with Crippen LogP contribution in [0.1, 0.15) is 23.3 Å². The molecule has 0 bridgehead atoms. The summed E-state index contributed by atoms with van der Waals surface area (Å²) in [5.74, 6) is 2.42. The van der Waals surface area contributed by atoms with Crippen LogP contribution in [0.3, 0.4) is 0 Å². The minimum atomic E-state index is -0.523. The topological polar surface area (TPSA) is 80.9 Å². The van der Waals surface area contributed by atoms with Gasteiger partial charge >= 0.3 is 0 Å². The van der Waals surface area contributed by atoms with E-state index in [0.717, 1.165) is 20.9 Å². The summed E-state index contributed by atoms with van der Waals surface area (Å²) in [6.45, 7) is 0.258. The maximum Gasteiger partial charge on any atom is 0.0880 e. The summed E-state index contributed by atoms with van der Waals surface area (Å²) in [6, 6.07) is 15.7. The molecule has 0 aliphatic carbocycles. The van der Waals surface area contributed by atoms with E-state index < -0.39 is 12.2 Å². The number of benzene rings is 2. The fourth-order valence-corrected chi connectivity index (χ4v) is 4.60. The third-order valence-electron chi connectivity index (χ3n) is 3.79. The number of rotatable bonds is 12. The Hall–Kier alpha value is -0.670. The number of aliphatic hydroxyl groups excluding tert-OH is 4. The Morgan fingerprint density at radius 2 is 1.00 bits per heavy atom. The van der Waals surface area contributed by atoms with E-state index in [4.69, 9.17) is 10.2 Å². The largest absolute Gasteiger partial charge is 0.396 e. The van der Waals surface area contributed by atoms with Gasteiger partial charge in [0.2, 0.25) is 0 Å². The van der Waals surface area contributed by atoms with Crippen LogP contribution in [0.5, 0.6) is 0 Å². The van der Waals surface area contributed by atoms with Gasteiger partial charge in [0, 0.05) is 32.8 Å². The van der Waals surface area contributed by atoms with Crippen molar-refractivity contribution in [3.8, 4) is 0 Å². The van der Waals surface area contributed by atoms with Crippen molar-refractivity contribution >= 4 is 35.3 Å². The summed E-state index contributed by atoms with van der Waals surface area (Å²) in [5.41, 5.74) is 1.76. The van der Waals surface area contributed by atoms with Gasteiger partial charge in [-0.05, 0) is 35.4 Å². The first-order valence-electron chi connectivity index (χ1n) is 8.75. The van der Waals surface area contributed by atoms with E-state index in [9.17, 15) is 10.2 Å². The van der Waals surface area contributed by atoms with Crippen LogP contribution >= 0.6 is 35.3 Å². The summed E-state index contributed by atoms with van der Waals surface area (Å²) in [4.78, 5) is 2.17. The predicted molar refractivity (Wildman–Crippen MR) is 116 cm³/mol. The highest BCUT2D eigenvalue weighted by Crippen LogP contribution is 2.30. The molecule has 0 saturated heterocycles. The van der Waals surface area contributed by atoms with Crippen molar-refractivity contribution < 1.29 is 20.4 Å². The van der Waals surface area contributed by atoms with Crippen LogP contribution in [0.15, 0.2) is 58.3 Å². The second-order valence-corrected chi connectivity index (χ2v) is 9.32. The molecule has 0 saturated carbocycles. The zero-order valence-electron chi connectivity index (χ0n) is 15.0. The summed E-state index contributed by atoms with van der Waals surface area (Å²) in [5, 5.41) is 37.9. The molecule has 0 heterocycles.